The molecule has 2 aromatic heterocycles. The molecule has 0 radical (unpaired) electrons. The fourth-order valence-corrected chi connectivity index (χ4v) is 1.80. The van der Waals surface area contributed by atoms with E-state index < -0.39 is 0 Å². The summed E-state index contributed by atoms with van der Waals surface area (Å²) in [6.45, 7) is 2.09. The highest BCUT2D eigenvalue weighted by molar-refractivity contribution is 9.10. The molecule has 0 bridgehead atoms. The van der Waals surface area contributed by atoms with E-state index in [9.17, 15) is 0 Å². The van der Waals surface area contributed by atoms with Crippen molar-refractivity contribution in [3.05, 3.63) is 28.9 Å². The summed E-state index contributed by atoms with van der Waals surface area (Å²) in [6, 6.07) is 1.74. The van der Waals surface area contributed by atoms with Crippen molar-refractivity contribution in [2.24, 2.45) is 7.05 Å². The summed E-state index contributed by atoms with van der Waals surface area (Å²) >= 11 is 3.35. The monoisotopic (exact) mass is 296 g/mol. The molecule has 0 unspecified atom stereocenters. The van der Waals surface area contributed by atoms with Gasteiger partial charge < -0.3 is 4.74 Å². The average molecular weight is 297 g/mol. The van der Waals surface area contributed by atoms with E-state index >= 15 is 0 Å². The molecule has 0 aliphatic rings. The summed E-state index contributed by atoms with van der Waals surface area (Å²) in [7, 11) is 1.84. The standard InChI is InChI=1S/C11H13BrN4O/c1-3-4-10-14-9(12)5-11(15-10)17-8-6-13-16(2)7-8/h5-7H,3-4H2,1-2H3. The molecule has 90 valence electrons. The van der Waals surface area contributed by atoms with Crippen LogP contribution in [0.15, 0.2) is 23.1 Å². The lowest BCUT2D eigenvalue weighted by Crippen LogP contribution is -1.97. The molecular formula is C11H13BrN4O. The lowest BCUT2D eigenvalue weighted by molar-refractivity contribution is 0.457. The van der Waals surface area contributed by atoms with Gasteiger partial charge >= 0.3 is 0 Å². The Labute approximate surface area is 108 Å². The number of rotatable bonds is 4. The third-order valence-corrected chi connectivity index (χ3v) is 2.50. The van der Waals surface area contributed by atoms with Gasteiger partial charge in [0.1, 0.15) is 10.4 Å². The molecule has 17 heavy (non-hydrogen) atoms. The largest absolute Gasteiger partial charge is 0.436 e. The van der Waals surface area contributed by atoms with Gasteiger partial charge in [0.05, 0.1) is 12.4 Å². The zero-order valence-corrected chi connectivity index (χ0v) is 11.3. The maximum atomic E-state index is 5.60. The molecule has 0 aliphatic carbocycles. The van der Waals surface area contributed by atoms with Crippen LogP contribution in [-0.2, 0) is 13.5 Å². The third kappa shape index (κ3) is 3.26. The van der Waals surface area contributed by atoms with Gasteiger partial charge in [-0.15, -0.1) is 0 Å². The number of halogens is 1. The summed E-state index contributed by atoms with van der Waals surface area (Å²) in [5.41, 5.74) is 0. The lowest BCUT2D eigenvalue weighted by atomic mass is 10.3. The summed E-state index contributed by atoms with van der Waals surface area (Å²) in [5, 5.41) is 4.03. The minimum Gasteiger partial charge on any atom is -0.436 e. The van der Waals surface area contributed by atoms with Gasteiger partial charge in [0.2, 0.25) is 5.88 Å². The summed E-state index contributed by atoms with van der Waals surface area (Å²) < 4.78 is 8.01. The normalized spacial score (nSPS) is 10.5. The number of hydrogen-bond donors (Lipinski definition) is 0. The predicted octanol–water partition coefficient (Wildman–Crippen LogP) is 2.72. The van der Waals surface area contributed by atoms with E-state index in [1.807, 2.05) is 7.05 Å². The van der Waals surface area contributed by atoms with E-state index in [1.165, 1.54) is 0 Å². The van der Waals surface area contributed by atoms with Crippen LogP contribution in [0.5, 0.6) is 11.6 Å². The van der Waals surface area contributed by atoms with Crippen LogP contribution in [-0.4, -0.2) is 19.7 Å². The predicted molar refractivity (Wildman–Crippen MR) is 67.0 cm³/mol. The molecule has 0 saturated carbocycles. The highest BCUT2D eigenvalue weighted by Gasteiger charge is 2.05. The topological polar surface area (TPSA) is 52.8 Å². The maximum absolute atomic E-state index is 5.60. The SMILES string of the molecule is CCCc1nc(Br)cc(Oc2cnn(C)c2)n1. The lowest BCUT2D eigenvalue weighted by Gasteiger charge is -2.04. The Morgan fingerprint density at radius 1 is 1.41 bits per heavy atom. The van der Waals surface area contributed by atoms with Crippen molar-refractivity contribution in [1.82, 2.24) is 19.7 Å². The van der Waals surface area contributed by atoms with Crippen LogP contribution in [0.1, 0.15) is 19.2 Å². The van der Waals surface area contributed by atoms with Crippen molar-refractivity contribution in [2.45, 2.75) is 19.8 Å². The second kappa shape index (κ2) is 5.27. The Balaban J connectivity index is 2.20. The van der Waals surface area contributed by atoms with Crippen molar-refractivity contribution in [3.8, 4) is 11.6 Å². The van der Waals surface area contributed by atoms with Gasteiger partial charge in [-0.3, -0.25) is 4.68 Å². The second-order valence-corrected chi connectivity index (χ2v) is 4.46. The molecule has 0 N–H and O–H groups in total. The Kier molecular flexibility index (Phi) is 3.73. The summed E-state index contributed by atoms with van der Waals surface area (Å²) in [6.07, 6.45) is 5.27. The molecular weight excluding hydrogens is 284 g/mol. The van der Waals surface area contributed by atoms with E-state index in [0.29, 0.717) is 11.6 Å². The minimum atomic E-state index is 0.531. The van der Waals surface area contributed by atoms with Gasteiger partial charge in [-0.05, 0) is 22.4 Å². The molecule has 2 rings (SSSR count). The second-order valence-electron chi connectivity index (χ2n) is 3.65. The van der Waals surface area contributed by atoms with Crippen molar-refractivity contribution < 1.29 is 4.74 Å². The minimum absolute atomic E-state index is 0.531. The van der Waals surface area contributed by atoms with Gasteiger partial charge in [-0.1, -0.05) is 6.92 Å². The van der Waals surface area contributed by atoms with Crippen molar-refractivity contribution >= 4 is 15.9 Å². The number of aromatic nitrogens is 4. The van der Waals surface area contributed by atoms with Gasteiger partial charge in [0.15, 0.2) is 5.75 Å². The first kappa shape index (κ1) is 12.0. The third-order valence-electron chi connectivity index (χ3n) is 2.09. The Morgan fingerprint density at radius 2 is 2.24 bits per heavy atom. The Hall–Kier alpha value is -1.43. The van der Waals surface area contributed by atoms with Crippen LogP contribution in [0.3, 0.4) is 0 Å². The number of ether oxygens (including phenoxy) is 1. The molecule has 0 aromatic carbocycles. The number of aryl methyl sites for hydroxylation is 2. The van der Waals surface area contributed by atoms with Crippen LogP contribution >= 0.6 is 15.9 Å². The van der Waals surface area contributed by atoms with E-state index in [0.717, 1.165) is 23.3 Å². The molecule has 0 atom stereocenters. The fraction of sp³-hybridized carbons (Fsp3) is 0.364. The molecule has 0 saturated heterocycles. The Morgan fingerprint density at radius 3 is 2.88 bits per heavy atom. The van der Waals surface area contributed by atoms with Crippen LogP contribution < -0.4 is 4.74 Å². The summed E-state index contributed by atoms with van der Waals surface area (Å²) in [4.78, 5) is 8.60. The molecule has 0 amide bonds. The van der Waals surface area contributed by atoms with Crippen LogP contribution in [0.25, 0.3) is 0 Å². The zero-order valence-electron chi connectivity index (χ0n) is 9.72. The molecule has 0 fully saturated rings. The maximum Gasteiger partial charge on any atom is 0.223 e. The number of hydrogen-bond acceptors (Lipinski definition) is 4. The smallest absolute Gasteiger partial charge is 0.223 e. The Bertz CT molecular complexity index is 512. The first-order chi connectivity index (χ1) is 8.17. The van der Waals surface area contributed by atoms with Crippen LogP contribution in [0.4, 0.5) is 0 Å². The highest BCUT2D eigenvalue weighted by atomic mass is 79.9. The zero-order chi connectivity index (χ0) is 12.3. The molecule has 2 heterocycles. The van der Waals surface area contributed by atoms with Crippen molar-refractivity contribution in [1.29, 1.82) is 0 Å². The van der Waals surface area contributed by atoms with Crippen LogP contribution in [0.2, 0.25) is 0 Å². The first-order valence-electron chi connectivity index (χ1n) is 5.37. The molecule has 0 spiro atoms. The fourth-order valence-electron chi connectivity index (χ4n) is 1.40. The molecule has 2 aromatic rings. The van der Waals surface area contributed by atoms with E-state index in [4.69, 9.17) is 4.74 Å². The van der Waals surface area contributed by atoms with Crippen LogP contribution in [0, 0.1) is 0 Å². The molecule has 5 nitrogen and oxygen atoms in total. The highest BCUT2D eigenvalue weighted by Crippen LogP contribution is 2.21. The van der Waals surface area contributed by atoms with E-state index in [2.05, 4.69) is 37.9 Å². The van der Waals surface area contributed by atoms with Gasteiger partial charge in [-0.25, -0.2) is 4.98 Å². The quantitative estimate of drug-likeness (QED) is 0.814. The summed E-state index contributed by atoms with van der Waals surface area (Å²) in [5.74, 6) is 1.98. The van der Waals surface area contributed by atoms with E-state index in [1.54, 1.807) is 23.1 Å². The average Bonchev–Trinajstić information content (AvgIpc) is 2.63. The number of nitrogens with zero attached hydrogens (tertiary/aromatic N) is 4. The van der Waals surface area contributed by atoms with Gasteiger partial charge in [-0.2, -0.15) is 10.1 Å². The van der Waals surface area contributed by atoms with Crippen molar-refractivity contribution in [3.63, 3.8) is 0 Å². The first-order valence-corrected chi connectivity index (χ1v) is 6.16. The van der Waals surface area contributed by atoms with E-state index in [-0.39, 0.29) is 0 Å². The van der Waals surface area contributed by atoms with Crippen molar-refractivity contribution in [2.75, 3.05) is 0 Å². The van der Waals surface area contributed by atoms with Gasteiger partial charge in [0, 0.05) is 19.5 Å². The van der Waals surface area contributed by atoms with Gasteiger partial charge in [0.25, 0.3) is 0 Å². The molecule has 0 aliphatic heterocycles. The molecule has 6 heteroatoms.